The summed E-state index contributed by atoms with van der Waals surface area (Å²) < 4.78 is 15.9. The molecule has 1 N–H and O–H groups in total. The van der Waals surface area contributed by atoms with Crippen molar-refractivity contribution in [2.45, 2.75) is 13.1 Å². The van der Waals surface area contributed by atoms with Gasteiger partial charge in [-0.1, -0.05) is 12.1 Å². The van der Waals surface area contributed by atoms with Crippen LogP contribution in [-0.4, -0.2) is 32.6 Å². The van der Waals surface area contributed by atoms with Crippen LogP contribution < -0.4 is 0 Å². The van der Waals surface area contributed by atoms with Crippen LogP contribution in [0.25, 0.3) is 0 Å². The summed E-state index contributed by atoms with van der Waals surface area (Å²) in [5, 5.41) is 8.90. The number of carbonyl (C=O) groups is 1. The maximum absolute atomic E-state index is 14.0. The molecular weight excluding hydrogens is 261 g/mol. The lowest BCUT2D eigenvalue weighted by Crippen LogP contribution is -2.20. The lowest BCUT2D eigenvalue weighted by molar-refractivity contribution is 0.0691. The second-order valence-corrected chi connectivity index (χ2v) is 4.71. The van der Waals surface area contributed by atoms with Crippen LogP contribution in [0.15, 0.2) is 30.6 Å². The minimum Gasteiger partial charge on any atom is -0.478 e. The van der Waals surface area contributed by atoms with Gasteiger partial charge in [-0.15, -0.1) is 0 Å². The van der Waals surface area contributed by atoms with Crippen LogP contribution in [-0.2, 0) is 20.1 Å². The Balaban J connectivity index is 2.12. The maximum atomic E-state index is 14.0. The number of hydrogen-bond donors (Lipinski definition) is 1. The van der Waals surface area contributed by atoms with E-state index >= 15 is 0 Å². The van der Waals surface area contributed by atoms with Gasteiger partial charge >= 0.3 is 5.97 Å². The summed E-state index contributed by atoms with van der Waals surface area (Å²) in [6.45, 7) is 0.875. The number of aryl methyl sites for hydroxylation is 1. The average Bonchev–Trinajstić information content (AvgIpc) is 2.77. The van der Waals surface area contributed by atoms with Crippen LogP contribution in [0.5, 0.6) is 0 Å². The third-order valence-electron chi connectivity index (χ3n) is 3.08. The molecular formula is C14H16FN3O2. The molecule has 1 aromatic carbocycles. The highest BCUT2D eigenvalue weighted by molar-refractivity contribution is 5.88. The van der Waals surface area contributed by atoms with E-state index in [9.17, 15) is 9.18 Å². The van der Waals surface area contributed by atoms with Crippen LogP contribution in [0, 0.1) is 5.82 Å². The van der Waals surface area contributed by atoms with Crippen LogP contribution in [0.3, 0.4) is 0 Å². The third kappa shape index (κ3) is 3.03. The smallest absolute Gasteiger partial charge is 0.338 e. The number of imidazole rings is 1. The normalized spacial score (nSPS) is 11.0. The summed E-state index contributed by atoms with van der Waals surface area (Å²) >= 11 is 0. The third-order valence-corrected chi connectivity index (χ3v) is 3.08. The number of carboxylic acid groups (broad SMARTS) is 1. The minimum absolute atomic E-state index is 0.298. The Kier molecular flexibility index (Phi) is 4.14. The molecule has 0 bridgehead atoms. The number of aromatic nitrogens is 2. The van der Waals surface area contributed by atoms with Gasteiger partial charge in [0.15, 0.2) is 0 Å². The largest absolute Gasteiger partial charge is 0.478 e. The molecule has 20 heavy (non-hydrogen) atoms. The summed E-state index contributed by atoms with van der Waals surface area (Å²) in [4.78, 5) is 17.0. The van der Waals surface area contributed by atoms with Gasteiger partial charge in [0.1, 0.15) is 11.6 Å². The minimum atomic E-state index is -1.25. The van der Waals surface area contributed by atoms with Gasteiger partial charge in [0.05, 0.1) is 12.1 Å². The molecule has 0 spiro atoms. The van der Waals surface area contributed by atoms with E-state index in [2.05, 4.69) is 4.98 Å². The summed E-state index contributed by atoms with van der Waals surface area (Å²) in [6.07, 6.45) is 3.55. The average molecular weight is 277 g/mol. The number of aromatic carboxylic acids is 1. The van der Waals surface area contributed by atoms with Gasteiger partial charge < -0.3 is 9.67 Å². The first-order chi connectivity index (χ1) is 9.49. The molecule has 1 aromatic heterocycles. The molecule has 0 unspecified atom stereocenters. The first-order valence-electron chi connectivity index (χ1n) is 6.14. The molecule has 0 amide bonds. The van der Waals surface area contributed by atoms with E-state index in [1.165, 1.54) is 6.07 Å². The van der Waals surface area contributed by atoms with E-state index in [1.54, 1.807) is 18.3 Å². The molecule has 0 saturated carbocycles. The number of nitrogens with zero attached hydrogens (tertiary/aromatic N) is 3. The van der Waals surface area contributed by atoms with Gasteiger partial charge in [-0.05, 0) is 13.1 Å². The van der Waals surface area contributed by atoms with E-state index in [0.29, 0.717) is 18.7 Å². The fourth-order valence-electron chi connectivity index (χ4n) is 2.00. The Morgan fingerprint density at radius 2 is 2.20 bits per heavy atom. The monoisotopic (exact) mass is 277 g/mol. The molecule has 2 aromatic rings. The van der Waals surface area contributed by atoms with Crippen molar-refractivity contribution in [2.24, 2.45) is 7.05 Å². The molecule has 106 valence electrons. The number of halogens is 1. The molecule has 0 radical (unpaired) electrons. The highest BCUT2D eigenvalue weighted by Gasteiger charge is 2.15. The van der Waals surface area contributed by atoms with Crippen molar-refractivity contribution in [2.75, 3.05) is 7.05 Å². The molecule has 0 atom stereocenters. The van der Waals surface area contributed by atoms with Gasteiger partial charge in [-0.2, -0.15) is 0 Å². The fourth-order valence-corrected chi connectivity index (χ4v) is 2.00. The molecule has 6 heteroatoms. The number of carboxylic acids is 1. The van der Waals surface area contributed by atoms with Crippen molar-refractivity contribution in [1.82, 2.24) is 14.5 Å². The molecule has 0 fully saturated rings. The first-order valence-corrected chi connectivity index (χ1v) is 6.14. The summed E-state index contributed by atoms with van der Waals surface area (Å²) in [6, 6.07) is 4.41. The SMILES string of the molecule is CN(Cc1cccc(C(=O)O)c1F)Cc1nccn1C. The Labute approximate surface area is 116 Å². The highest BCUT2D eigenvalue weighted by Crippen LogP contribution is 2.15. The highest BCUT2D eigenvalue weighted by atomic mass is 19.1. The van der Waals surface area contributed by atoms with Crippen molar-refractivity contribution in [3.05, 3.63) is 53.4 Å². The summed E-state index contributed by atoms with van der Waals surface area (Å²) in [5.74, 6) is -1.06. The molecule has 0 aliphatic carbocycles. The van der Waals surface area contributed by atoms with Gasteiger partial charge in [0.25, 0.3) is 0 Å². The van der Waals surface area contributed by atoms with Crippen molar-refractivity contribution in [1.29, 1.82) is 0 Å². The lowest BCUT2D eigenvalue weighted by Gasteiger charge is -2.17. The van der Waals surface area contributed by atoms with Crippen molar-refractivity contribution in [3.8, 4) is 0 Å². The fraction of sp³-hybridized carbons (Fsp3) is 0.286. The van der Waals surface area contributed by atoms with E-state index in [1.807, 2.05) is 29.8 Å². The van der Waals surface area contributed by atoms with E-state index in [0.717, 1.165) is 5.82 Å². The predicted octanol–water partition coefficient (Wildman–Crippen LogP) is 1.89. The standard InChI is InChI=1S/C14H16FN3O2/c1-17(9-12-16-6-7-18(12)2)8-10-4-3-5-11(13(10)15)14(19)20/h3-7H,8-9H2,1-2H3,(H,19,20). The Bertz CT molecular complexity index is 625. The molecule has 0 saturated heterocycles. The van der Waals surface area contributed by atoms with Crippen molar-refractivity contribution in [3.63, 3.8) is 0 Å². The molecule has 0 aliphatic rings. The molecule has 1 heterocycles. The van der Waals surface area contributed by atoms with E-state index in [-0.39, 0.29) is 5.56 Å². The molecule has 2 rings (SSSR count). The number of benzene rings is 1. The zero-order valence-electron chi connectivity index (χ0n) is 11.4. The Morgan fingerprint density at radius 3 is 2.80 bits per heavy atom. The van der Waals surface area contributed by atoms with Crippen LogP contribution in [0.1, 0.15) is 21.7 Å². The second-order valence-electron chi connectivity index (χ2n) is 4.71. The van der Waals surface area contributed by atoms with Crippen LogP contribution >= 0.6 is 0 Å². The zero-order valence-corrected chi connectivity index (χ0v) is 11.4. The summed E-state index contributed by atoms with van der Waals surface area (Å²) in [7, 11) is 3.73. The van der Waals surface area contributed by atoms with Crippen molar-refractivity contribution < 1.29 is 14.3 Å². The van der Waals surface area contributed by atoms with Crippen LogP contribution in [0.2, 0.25) is 0 Å². The van der Waals surface area contributed by atoms with Gasteiger partial charge in [0.2, 0.25) is 0 Å². The number of rotatable bonds is 5. The summed E-state index contributed by atoms with van der Waals surface area (Å²) in [5.41, 5.74) is 0.0644. The van der Waals surface area contributed by atoms with Gasteiger partial charge in [0, 0.05) is 31.5 Å². The quantitative estimate of drug-likeness (QED) is 0.906. The molecule has 0 aliphatic heterocycles. The Morgan fingerprint density at radius 1 is 1.45 bits per heavy atom. The maximum Gasteiger partial charge on any atom is 0.338 e. The van der Waals surface area contributed by atoms with Gasteiger partial charge in [-0.25, -0.2) is 14.2 Å². The predicted molar refractivity (Wildman–Crippen MR) is 71.7 cm³/mol. The Hall–Kier alpha value is -2.21. The van der Waals surface area contributed by atoms with Crippen molar-refractivity contribution >= 4 is 5.97 Å². The second kappa shape index (κ2) is 5.83. The first kappa shape index (κ1) is 14.2. The topological polar surface area (TPSA) is 58.4 Å². The molecule has 5 nitrogen and oxygen atoms in total. The zero-order chi connectivity index (χ0) is 14.7. The van der Waals surface area contributed by atoms with Crippen LogP contribution in [0.4, 0.5) is 4.39 Å². The van der Waals surface area contributed by atoms with E-state index < -0.39 is 11.8 Å². The number of hydrogen-bond acceptors (Lipinski definition) is 3. The lowest BCUT2D eigenvalue weighted by atomic mass is 10.1. The van der Waals surface area contributed by atoms with Gasteiger partial charge in [-0.3, -0.25) is 4.90 Å². The van der Waals surface area contributed by atoms with E-state index in [4.69, 9.17) is 5.11 Å².